The largest absolute Gasteiger partial charge is 0.492 e. The van der Waals surface area contributed by atoms with E-state index in [1.165, 1.54) is 12.0 Å². The molecule has 0 bridgehead atoms. The van der Waals surface area contributed by atoms with E-state index < -0.39 is 0 Å². The molecule has 2 aliphatic rings. The molecule has 0 aliphatic carbocycles. The number of piperidine rings is 1. The smallest absolute Gasteiger partial charge is 0.119 e. The average Bonchev–Trinajstić information content (AvgIpc) is 3.25. The van der Waals surface area contributed by atoms with Crippen molar-refractivity contribution in [1.82, 2.24) is 14.8 Å². The Morgan fingerprint density at radius 1 is 0.906 bits per heavy atom. The number of fused-ring (bicyclic) bond motifs is 1. The number of ether oxygens (including phenoxy) is 1. The Bertz CT molecular complexity index is 983. The highest BCUT2D eigenvalue weighted by Crippen LogP contribution is 2.38. The van der Waals surface area contributed by atoms with Crippen LogP contribution < -0.4 is 4.74 Å². The summed E-state index contributed by atoms with van der Waals surface area (Å²) in [5.41, 5.74) is 2.38. The number of nitrogens with zero attached hydrogens (tertiary/aromatic N) is 3. The van der Waals surface area contributed by atoms with Crippen molar-refractivity contribution >= 4 is 11.6 Å². The Morgan fingerprint density at radius 2 is 1.69 bits per heavy atom. The summed E-state index contributed by atoms with van der Waals surface area (Å²) in [6.07, 6.45) is 3.15. The summed E-state index contributed by atoms with van der Waals surface area (Å²) in [5, 5.41) is 0.775. The fourth-order valence-electron chi connectivity index (χ4n) is 5.25. The number of hydrogen-bond acceptors (Lipinski definition) is 4. The number of aromatic nitrogens is 1. The standard InChI is InChI=1S/C27H30ClN3O/c28-24-11-9-21(10-12-24)27(26-8-4-5-14-29-26)31-19-22-13-15-30(18-23(22)20-31)16-17-32-25-6-2-1-3-7-25/h1-12,14,22-23,27H,13,15-20H2/t22?,23?,27-/m0/s1. The monoisotopic (exact) mass is 447 g/mol. The fraction of sp³-hybridized carbons (Fsp3) is 0.370. The molecule has 5 heteroatoms. The van der Waals surface area contributed by atoms with Gasteiger partial charge in [-0.15, -0.1) is 0 Å². The molecular formula is C27H30ClN3O. The molecule has 32 heavy (non-hydrogen) atoms. The molecule has 2 aliphatic heterocycles. The van der Waals surface area contributed by atoms with Crippen LogP contribution in [0.15, 0.2) is 79.0 Å². The van der Waals surface area contributed by atoms with Gasteiger partial charge in [-0.05, 0) is 66.8 Å². The second-order valence-electron chi connectivity index (χ2n) is 8.93. The highest BCUT2D eigenvalue weighted by atomic mass is 35.5. The predicted molar refractivity (Wildman–Crippen MR) is 129 cm³/mol. The summed E-state index contributed by atoms with van der Waals surface area (Å²) >= 11 is 6.17. The lowest BCUT2D eigenvalue weighted by Gasteiger charge is -2.34. The van der Waals surface area contributed by atoms with Crippen LogP contribution in [0, 0.1) is 11.8 Å². The third-order valence-corrected chi connectivity index (χ3v) is 7.10. The number of rotatable bonds is 7. The van der Waals surface area contributed by atoms with Crippen LogP contribution in [0.1, 0.15) is 23.7 Å². The molecule has 4 nitrogen and oxygen atoms in total. The summed E-state index contributed by atoms with van der Waals surface area (Å²) in [6.45, 7) is 6.26. The van der Waals surface area contributed by atoms with Crippen LogP contribution in [0.4, 0.5) is 0 Å². The minimum atomic E-state index is 0.175. The summed E-state index contributed by atoms with van der Waals surface area (Å²) in [4.78, 5) is 9.93. The molecule has 0 amide bonds. The topological polar surface area (TPSA) is 28.6 Å². The molecule has 5 rings (SSSR count). The summed E-state index contributed by atoms with van der Waals surface area (Å²) in [7, 11) is 0. The third-order valence-electron chi connectivity index (χ3n) is 6.85. The van der Waals surface area contributed by atoms with Crippen molar-refractivity contribution in [3.8, 4) is 5.75 Å². The van der Waals surface area contributed by atoms with Gasteiger partial charge in [-0.3, -0.25) is 14.8 Å². The van der Waals surface area contributed by atoms with Gasteiger partial charge < -0.3 is 4.74 Å². The van der Waals surface area contributed by atoms with Crippen molar-refractivity contribution in [1.29, 1.82) is 0 Å². The first-order chi connectivity index (χ1) is 15.8. The lowest BCUT2D eigenvalue weighted by atomic mass is 9.89. The fourth-order valence-corrected chi connectivity index (χ4v) is 5.38. The van der Waals surface area contributed by atoms with Gasteiger partial charge in [-0.1, -0.05) is 48.0 Å². The molecule has 3 heterocycles. The van der Waals surface area contributed by atoms with Crippen LogP contribution in [0.25, 0.3) is 0 Å². The normalized spacial score (nSPS) is 22.4. The van der Waals surface area contributed by atoms with Crippen molar-refractivity contribution in [3.63, 3.8) is 0 Å². The molecule has 3 aromatic rings. The maximum atomic E-state index is 6.17. The van der Waals surface area contributed by atoms with Crippen molar-refractivity contribution in [2.24, 2.45) is 11.8 Å². The highest BCUT2D eigenvalue weighted by molar-refractivity contribution is 6.30. The zero-order chi connectivity index (χ0) is 21.8. The van der Waals surface area contributed by atoms with Gasteiger partial charge in [0.25, 0.3) is 0 Å². The molecule has 166 valence electrons. The van der Waals surface area contributed by atoms with E-state index in [2.05, 4.69) is 34.1 Å². The van der Waals surface area contributed by atoms with Crippen LogP contribution in [-0.2, 0) is 0 Å². The van der Waals surface area contributed by atoms with E-state index in [1.54, 1.807) is 0 Å². The van der Waals surface area contributed by atoms with Crippen LogP contribution in [0.2, 0.25) is 5.02 Å². The van der Waals surface area contributed by atoms with Crippen LogP contribution >= 0.6 is 11.6 Å². The number of para-hydroxylation sites is 1. The summed E-state index contributed by atoms with van der Waals surface area (Å²) in [6, 6.07) is 24.8. The number of pyridine rings is 1. The predicted octanol–water partition coefficient (Wildman–Crippen LogP) is 5.16. The first-order valence-corrected chi connectivity index (χ1v) is 11.9. The van der Waals surface area contributed by atoms with Crippen LogP contribution in [-0.4, -0.2) is 54.1 Å². The molecule has 0 radical (unpaired) electrons. The van der Waals surface area contributed by atoms with E-state index >= 15 is 0 Å². The van der Waals surface area contributed by atoms with Gasteiger partial charge in [-0.2, -0.15) is 0 Å². The zero-order valence-electron chi connectivity index (χ0n) is 18.3. The van der Waals surface area contributed by atoms with Crippen molar-refractivity contribution in [2.45, 2.75) is 12.5 Å². The Labute approximate surface area is 195 Å². The van der Waals surface area contributed by atoms with E-state index in [0.29, 0.717) is 5.92 Å². The molecule has 2 fully saturated rings. The number of benzene rings is 2. The average molecular weight is 448 g/mol. The van der Waals surface area contributed by atoms with Crippen LogP contribution in [0.3, 0.4) is 0 Å². The van der Waals surface area contributed by atoms with Crippen molar-refractivity contribution < 1.29 is 4.74 Å². The van der Waals surface area contributed by atoms with Crippen LogP contribution in [0.5, 0.6) is 5.75 Å². The summed E-state index contributed by atoms with van der Waals surface area (Å²) < 4.78 is 5.93. The van der Waals surface area contributed by atoms with Gasteiger partial charge in [0, 0.05) is 37.4 Å². The zero-order valence-corrected chi connectivity index (χ0v) is 19.1. The molecule has 0 saturated carbocycles. The van der Waals surface area contributed by atoms with Gasteiger partial charge in [0.05, 0.1) is 11.7 Å². The van der Waals surface area contributed by atoms with Crippen molar-refractivity contribution in [3.05, 3.63) is 95.3 Å². The first-order valence-electron chi connectivity index (χ1n) is 11.6. The van der Waals surface area contributed by atoms with E-state index in [4.69, 9.17) is 21.3 Å². The summed E-state index contributed by atoms with van der Waals surface area (Å²) in [5.74, 6) is 2.40. The van der Waals surface area contributed by atoms with Gasteiger partial charge in [0.15, 0.2) is 0 Å². The molecule has 2 saturated heterocycles. The van der Waals surface area contributed by atoms with Crippen molar-refractivity contribution in [2.75, 3.05) is 39.3 Å². The molecule has 0 spiro atoms. The minimum absolute atomic E-state index is 0.175. The Kier molecular flexibility index (Phi) is 6.72. The van der Waals surface area contributed by atoms with Gasteiger partial charge in [0.2, 0.25) is 0 Å². The van der Waals surface area contributed by atoms with E-state index in [0.717, 1.165) is 61.7 Å². The Hall–Kier alpha value is -2.40. The number of hydrogen-bond donors (Lipinski definition) is 0. The van der Waals surface area contributed by atoms with E-state index in [9.17, 15) is 0 Å². The molecule has 2 unspecified atom stereocenters. The first kappa shape index (κ1) is 21.4. The number of halogens is 1. The second kappa shape index (κ2) is 10.0. The third kappa shape index (κ3) is 4.98. The van der Waals surface area contributed by atoms with Gasteiger partial charge in [0.1, 0.15) is 12.4 Å². The van der Waals surface area contributed by atoms with E-state index in [1.807, 2.05) is 54.7 Å². The molecule has 3 atom stereocenters. The van der Waals surface area contributed by atoms with E-state index in [-0.39, 0.29) is 6.04 Å². The lowest BCUT2D eigenvalue weighted by molar-refractivity contribution is 0.127. The Morgan fingerprint density at radius 3 is 2.47 bits per heavy atom. The Balaban J connectivity index is 1.24. The highest BCUT2D eigenvalue weighted by Gasteiger charge is 2.40. The molecule has 1 aromatic heterocycles. The molecule has 0 N–H and O–H groups in total. The SMILES string of the molecule is Clc1ccc([C@@H](c2ccccn2)N2CC3CCN(CCOc4ccccc4)CC3C2)cc1. The minimum Gasteiger partial charge on any atom is -0.492 e. The molecular weight excluding hydrogens is 418 g/mol. The quantitative estimate of drug-likeness (QED) is 0.500. The van der Waals surface area contributed by atoms with Gasteiger partial charge in [-0.25, -0.2) is 0 Å². The molecule has 2 aromatic carbocycles. The number of likely N-dealkylation sites (tertiary alicyclic amines) is 2. The lowest BCUT2D eigenvalue weighted by Crippen LogP contribution is -2.41. The second-order valence-corrected chi connectivity index (χ2v) is 9.37. The maximum Gasteiger partial charge on any atom is 0.119 e. The maximum absolute atomic E-state index is 6.17. The van der Waals surface area contributed by atoms with Gasteiger partial charge >= 0.3 is 0 Å².